The van der Waals surface area contributed by atoms with Gasteiger partial charge in [-0.3, -0.25) is 23.9 Å². The highest BCUT2D eigenvalue weighted by molar-refractivity contribution is 7.91. The molecule has 57 heavy (non-hydrogen) atoms. The van der Waals surface area contributed by atoms with Crippen LogP contribution in [0.5, 0.6) is 11.5 Å². The Kier molecular flexibility index (Phi) is 11.1. The highest BCUT2D eigenvalue weighted by Crippen LogP contribution is 2.46. The maximum atomic E-state index is 14.9. The monoisotopic (exact) mass is 799 g/mol. The molecule has 0 bridgehead atoms. The summed E-state index contributed by atoms with van der Waals surface area (Å²) >= 11 is 0. The van der Waals surface area contributed by atoms with Gasteiger partial charge >= 0.3 is 0 Å². The van der Waals surface area contributed by atoms with E-state index >= 15 is 0 Å². The summed E-state index contributed by atoms with van der Waals surface area (Å²) in [4.78, 5) is 64.9. The molecule has 2 saturated heterocycles. The molecular weight excluding hydrogens is 747 g/mol. The van der Waals surface area contributed by atoms with Gasteiger partial charge in [0.2, 0.25) is 27.7 Å². The van der Waals surface area contributed by atoms with Crippen molar-refractivity contribution in [3.8, 4) is 22.8 Å². The van der Waals surface area contributed by atoms with Gasteiger partial charge in [0.25, 0.3) is 5.91 Å². The molecule has 14 heteroatoms. The number of carbonyl (C=O) groups is 4. The van der Waals surface area contributed by atoms with E-state index in [1.165, 1.54) is 11.0 Å². The first-order valence-electron chi connectivity index (χ1n) is 19.9. The molecule has 0 radical (unpaired) electrons. The van der Waals surface area contributed by atoms with Crippen LogP contribution in [0.4, 0.5) is 0 Å². The predicted molar refractivity (Wildman–Crippen MR) is 216 cm³/mol. The number of aromatic nitrogens is 1. The van der Waals surface area contributed by atoms with Crippen LogP contribution in [-0.4, -0.2) is 96.5 Å². The van der Waals surface area contributed by atoms with Crippen molar-refractivity contribution in [3.05, 3.63) is 67.3 Å². The second-order valence-electron chi connectivity index (χ2n) is 17.0. The molecule has 3 heterocycles. The van der Waals surface area contributed by atoms with E-state index in [0.29, 0.717) is 54.0 Å². The maximum Gasteiger partial charge on any atom is 0.259 e. The summed E-state index contributed by atoms with van der Waals surface area (Å²) in [6, 6.07) is 15.9. The lowest BCUT2D eigenvalue weighted by Crippen LogP contribution is -2.57. The lowest BCUT2D eigenvalue weighted by atomic mass is 9.77. The molecule has 4 amide bonds. The average Bonchev–Trinajstić information content (AvgIpc) is 4.13. The number of nitrogens with one attached hydrogen (secondary N) is 2. The molecule has 4 aliphatic rings. The fourth-order valence-electron chi connectivity index (χ4n) is 8.14. The SMILES string of the molecule is C=C[C@@H]1CC1(NC(=O)[C@H]1C[C@@H](Oc2cc(-c3ccccc3)nc3cc(OC)ccc23)CN1C(=O)C(CC(=O)N1CCCCC1)C(C)(C)C)C(=O)NS(=O)(=O)C1CC1. The second kappa shape index (κ2) is 15.8. The Hall–Kier alpha value is -4.98. The van der Waals surface area contributed by atoms with Gasteiger partial charge in [0.05, 0.1) is 36.0 Å². The molecule has 2 aromatic carbocycles. The number of benzene rings is 2. The van der Waals surface area contributed by atoms with Gasteiger partial charge in [-0.25, -0.2) is 13.4 Å². The Morgan fingerprint density at radius 2 is 1.75 bits per heavy atom. The van der Waals surface area contributed by atoms with Gasteiger partial charge in [0, 0.05) is 54.9 Å². The Balaban J connectivity index is 1.21. The third-order valence-corrected chi connectivity index (χ3v) is 13.7. The van der Waals surface area contributed by atoms with E-state index < -0.39 is 62.0 Å². The van der Waals surface area contributed by atoms with E-state index in [2.05, 4.69) is 16.6 Å². The summed E-state index contributed by atoms with van der Waals surface area (Å²) in [6.45, 7) is 10.9. The minimum Gasteiger partial charge on any atom is -0.497 e. The summed E-state index contributed by atoms with van der Waals surface area (Å²) in [7, 11) is -2.31. The van der Waals surface area contributed by atoms with E-state index in [1.54, 1.807) is 7.11 Å². The molecule has 2 aliphatic heterocycles. The number of hydrogen-bond acceptors (Lipinski definition) is 9. The van der Waals surface area contributed by atoms with E-state index in [9.17, 15) is 27.6 Å². The summed E-state index contributed by atoms with van der Waals surface area (Å²) in [6.07, 6.45) is 4.91. The Bertz CT molecular complexity index is 2160. The van der Waals surface area contributed by atoms with Crippen molar-refractivity contribution in [2.24, 2.45) is 17.3 Å². The summed E-state index contributed by atoms with van der Waals surface area (Å²) in [5.74, 6) is -2.03. The molecule has 2 N–H and O–H groups in total. The van der Waals surface area contributed by atoms with E-state index in [4.69, 9.17) is 14.5 Å². The van der Waals surface area contributed by atoms with Crippen LogP contribution >= 0.6 is 0 Å². The van der Waals surface area contributed by atoms with E-state index in [0.717, 1.165) is 24.8 Å². The molecular formula is C43H53N5O8S. The number of nitrogens with zero attached hydrogens (tertiary/aromatic N) is 3. The molecule has 2 saturated carbocycles. The Labute approximate surface area is 334 Å². The van der Waals surface area contributed by atoms with Gasteiger partial charge in [-0.2, -0.15) is 0 Å². The fourth-order valence-corrected chi connectivity index (χ4v) is 9.51. The molecule has 7 rings (SSSR count). The van der Waals surface area contributed by atoms with Crippen molar-refractivity contribution in [2.75, 3.05) is 26.7 Å². The number of pyridine rings is 1. The summed E-state index contributed by atoms with van der Waals surface area (Å²) in [5, 5.41) is 2.94. The molecule has 3 aromatic rings. The van der Waals surface area contributed by atoms with Crippen LogP contribution in [0.25, 0.3) is 22.2 Å². The normalized spacial score (nSPS) is 24.0. The first kappa shape index (κ1) is 40.2. The zero-order valence-electron chi connectivity index (χ0n) is 33.2. The zero-order valence-corrected chi connectivity index (χ0v) is 34.0. The first-order chi connectivity index (χ1) is 27.1. The van der Waals surface area contributed by atoms with Crippen LogP contribution in [0.15, 0.2) is 67.3 Å². The molecule has 1 aromatic heterocycles. The van der Waals surface area contributed by atoms with Gasteiger partial charge in [-0.1, -0.05) is 57.2 Å². The number of methoxy groups -OCH3 is 1. The van der Waals surface area contributed by atoms with Crippen molar-refractivity contribution in [1.29, 1.82) is 0 Å². The Morgan fingerprint density at radius 1 is 1.04 bits per heavy atom. The molecule has 4 fully saturated rings. The topological polar surface area (TPSA) is 164 Å². The first-order valence-corrected chi connectivity index (χ1v) is 21.5. The van der Waals surface area contributed by atoms with Crippen LogP contribution in [-0.2, 0) is 29.2 Å². The number of ether oxygens (including phenoxy) is 2. The fraction of sp³-hybridized carbons (Fsp3) is 0.512. The van der Waals surface area contributed by atoms with Crippen LogP contribution in [0.3, 0.4) is 0 Å². The molecule has 304 valence electrons. The number of amides is 4. The number of carbonyl (C=O) groups excluding carboxylic acids is 4. The van der Waals surface area contributed by atoms with Crippen LogP contribution in [0.2, 0.25) is 0 Å². The van der Waals surface area contributed by atoms with Crippen LogP contribution in [0, 0.1) is 17.3 Å². The number of hydrogen-bond donors (Lipinski definition) is 2. The molecule has 2 unspecified atom stereocenters. The molecule has 2 aliphatic carbocycles. The van der Waals surface area contributed by atoms with Gasteiger partial charge in [-0.05, 0) is 56.1 Å². The lowest BCUT2D eigenvalue weighted by Gasteiger charge is -2.36. The predicted octanol–water partition coefficient (Wildman–Crippen LogP) is 4.99. The van der Waals surface area contributed by atoms with Gasteiger partial charge < -0.3 is 24.6 Å². The number of fused-ring (bicyclic) bond motifs is 1. The van der Waals surface area contributed by atoms with Crippen LogP contribution in [0.1, 0.15) is 72.1 Å². The van der Waals surface area contributed by atoms with Crippen molar-refractivity contribution < 1.29 is 37.1 Å². The van der Waals surface area contributed by atoms with Crippen molar-refractivity contribution in [1.82, 2.24) is 24.8 Å². The average molecular weight is 800 g/mol. The minimum absolute atomic E-state index is 0.0140. The number of sulfonamides is 1. The minimum atomic E-state index is -3.90. The van der Waals surface area contributed by atoms with Gasteiger partial charge in [0.15, 0.2) is 0 Å². The Morgan fingerprint density at radius 3 is 2.39 bits per heavy atom. The standard InChI is InChI=1S/C43H53N5O8S/c1-6-28-25-43(28,41(52)46-57(53,54)31-16-17-31)45-39(50)36-22-30(26-48(36)40(51)33(42(2,3)4)23-38(49)47-19-11-8-12-20-47)56-37-24-34(27-13-9-7-10-14-27)44-35-21-29(55-5)15-18-32(35)37/h6-7,9-10,13-15,18,21,24,28,30-31,33,36H,1,8,11-12,16-17,19-20,22-23,25-26H2,2-5H3,(H,45,50)(H,46,52)/t28-,30-,33?,36-,43?/m1/s1. The van der Waals surface area contributed by atoms with Gasteiger partial charge in [0.1, 0.15) is 29.2 Å². The lowest BCUT2D eigenvalue weighted by molar-refractivity contribution is -0.148. The van der Waals surface area contributed by atoms with Crippen LogP contribution < -0.4 is 19.5 Å². The molecule has 0 spiro atoms. The second-order valence-corrected chi connectivity index (χ2v) is 18.9. The summed E-state index contributed by atoms with van der Waals surface area (Å²) in [5.41, 5.74) is -0.0157. The largest absolute Gasteiger partial charge is 0.497 e. The summed E-state index contributed by atoms with van der Waals surface area (Å²) < 4.78 is 40.1. The van der Waals surface area contributed by atoms with Crippen molar-refractivity contribution >= 4 is 44.6 Å². The van der Waals surface area contributed by atoms with Crippen molar-refractivity contribution in [2.45, 2.75) is 95.1 Å². The van der Waals surface area contributed by atoms with E-state index in [-0.39, 0.29) is 37.6 Å². The molecule has 5 atom stereocenters. The number of rotatable bonds is 13. The van der Waals surface area contributed by atoms with E-state index in [1.807, 2.05) is 80.3 Å². The molecule has 13 nitrogen and oxygen atoms in total. The third kappa shape index (κ3) is 8.51. The highest BCUT2D eigenvalue weighted by atomic mass is 32.2. The number of piperidine rings is 1. The maximum absolute atomic E-state index is 14.9. The smallest absolute Gasteiger partial charge is 0.259 e. The quantitative estimate of drug-likeness (QED) is 0.227. The third-order valence-electron chi connectivity index (χ3n) is 11.9. The van der Waals surface area contributed by atoms with Crippen molar-refractivity contribution in [3.63, 3.8) is 0 Å². The zero-order chi connectivity index (χ0) is 40.7. The highest BCUT2D eigenvalue weighted by Gasteiger charge is 2.62. The van der Waals surface area contributed by atoms with Gasteiger partial charge in [-0.15, -0.1) is 6.58 Å². The number of likely N-dealkylation sites (tertiary alicyclic amines) is 2.